The predicted octanol–water partition coefficient (Wildman–Crippen LogP) is 3.41. The number of nitrogens with zero attached hydrogens (tertiary/aromatic N) is 2. The minimum absolute atomic E-state index is 0.322. The van der Waals surface area contributed by atoms with E-state index in [1.54, 1.807) is 12.4 Å². The number of hydrogen-bond acceptors (Lipinski definition) is 2. The van der Waals surface area contributed by atoms with Gasteiger partial charge in [-0.2, -0.15) is 0 Å². The lowest BCUT2D eigenvalue weighted by atomic mass is 10.1. The largest absolute Gasteiger partial charge is 0.239 e. The van der Waals surface area contributed by atoms with Crippen molar-refractivity contribution in [2.45, 2.75) is 31.0 Å². The lowest BCUT2D eigenvalue weighted by Crippen LogP contribution is -2.11. The molecular formula is C9H12BrClN2. The summed E-state index contributed by atoms with van der Waals surface area (Å²) in [5.41, 5.74) is 0. The lowest BCUT2D eigenvalue weighted by Gasteiger charge is -2.14. The van der Waals surface area contributed by atoms with E-state index in [1.165, 1.54) is 0 Å². The molecule has 13 heavy (non-hydrogen) atoms. The van der Waals surface area contributed by atoms with Gasteiger partial charge in [-0.1, -0.05) is 41.4 Å². The zero-order chi connectivity index (χ0) is 9.84. The summed E-state index contributed by atoms with van der Waals surface area (Å²) in [4.78, 5) is 8.77. The van der Waals surface area contributed by atoms with Crippen LogP contribution in [0.3, 0.4) is 0 Å². The molecule has 1 aromatic rings. The van der Waals surface area contributed by atoms with Crippen molar-refractivity contribution < 1.29 is 0 Å². The molecule has 0 saturated heterocycles. The van der Waals surface area contributed by atoms with E-state index in [-0.39, 0.29) is 0 Å². The molecule has 0 spiro atoms. The number of hydrogen-bond donors (Lipinski definition) is 0. The molecule has 0 bridgehead atoms. The second kappa shape index (κ2) is 4.91. The Morgan fingerprint density at radius 1 is 1.46 bits per heavy atom. The highest BCUT2D eigenvalue weighted by Crippen LogP contribution is 2.24. The van der Waals surface area contributed by atoms with Crippen molar-refractivity contribution >= 4 is 27.5 Å². The van der Waals surface area contributed by atoms with Crippen LogP contribution in [0.5, 0.6) is 0 Å². The molecule has 0 aliphatic heterocycles. The van der Waals surface area contributed by atoms with Gasteiger partial charge in [0.25, 0.3) is 0 Å². The Hall–Kier alpha value is -0.150. The zero-order valence-electron chi connectivity index (χ0n) is 7.67. The van der Waals surface area contributed by atoms with Crippen molar-refractivity contribution in [2.24, 2.45) is 0 Å². The average molecular weight is 264 g/mol. The van der Waals surface area contributed by atoms with Crippen LogP contribution in [0.2, 0.25) is 5.02 Å². The minimum atomic E-state index is 0.322. The van der Waals surface area contributed by atoms with Crippen LogP contribution in [0.25, 0.3) is 0 Å². The summed E-state index contributed by atoms with van der Waals surface area (Å²) >= 11 is 9.28. The van der Waals surface area contributed by atoms with Gasteiger partial charge in [-0.05, 0) is 6.42 Å². The van der Waals surface area contributed by atoms with Crippen LogP contribution in [0.4, 0.5) is 0 Å². The van der Waals surface area contributed by atoms with Gasteiger partial charge in [0.05, 0.1) is 5.02 Å². The summed E-state index contributed by atoms with van der Waals surface area (Å²) in [6.45, 7) is 4.23. The Morgan fingerprint density at radius 2 is 2.00 bits per heavy atom. The van der Waals surface area contributed by atoms with Crippen LogP contribution >= 0.6 is 27.5 Å². The molecule has 0 saturated carbocycles. The maximum atomic E-state index is 5.69. The summed E-state index contributed by atoms with van der Waals surface area (Å²) in [6, 6.07) is 0. The Kier molecular flexibility index (Phi) is 4.13. The monoisotopic (exact) mass is 262 g/mol. The number of alkyl halides is 1. The Morgan fingerprint density at radius 3 is 2.46 bits per heavy atom. The van der Waals surface area contributed by atoms with Gasteiger partial charge < -0.3 is 0 Å². The van der Waals surface area contributed by atoms with Crippen molar-refractivity contribution in [1.82, 2.24) is 9.97 Å². The topological polar surface area (TPSA) is 25.8 Å². The van der Waals surface area contributed by atoms with Gasteiger partial charge in [0.1, 0.15) is 5.82 Å². The first-order valence-electron chi connectivity index (χ1n) is 4.26. The fourth-order valence-electron chi connectivity index (χ4n) is 1.07. The molecule has 2 nitrogen and oxygen atoms in total. The quantitative estimate of drug-likeness (QED) is 0.781. The number of aromatic nitrogens is 2. The first-order chi connectivity index (χ1) is 6.15. The van der Waals surface area contributed by atoms with E-state index in [0.29, 0.717) is 15.8 Å². The molecule has 0 aromatic carbocycles. The average Bonchev–Trinajstić information content (AvgIpc) is 2.17. The molecule has 2 atom stereocenters. The van der Waals surface area contributed by atoms with Crippen LogP contribution in [-0.4, -0.2) is 14.8 Å². The smallest absolute Gasteiger partial charge is 0.132 e. The molecule has 0 aliphatic rings. The van der Waals surface area contributed by atoms with Crippen molar-refractivity contribution in [2.75, 3.05) is 0 Å². The van der Waals surface area contributed by atoms with E-state index < -0.39 is 0 Å². The third-order valence-electron chi connectivity index (χ3n) is 1.98. The molecule has 0 amide bonds. The molecule has 2 unspecified atom stereocenters. The fraction of sp³-hybridized carbons (Fsp3) is 0.556. The van der Waals surface area contributed by atoms with Gasteiger partial charge in [-0.25, -0.2) is 9.97 Å². The van der Waals surface area contributed by atoms with Gasteiger partial charge in [0, 0.05) is 23.1 Å². The van der Waals surface area contributed by atoms with Crippen LogP contribution in [0.15, 0.2) is 12.4 Å². The Bertz CT molecular complexity index is 263. The van der Waals surface area contributed by atoms with Crippen molar-refractivity contribution in [3.8, 4) is 0 Å². The summed E-state index contributed by atoms with van der Waals surface area (Å²) in [5.74, 6) is 1.16. The molecule has 1 heterocycles. The van der Waals surface area contributed by atoms with Crippen LogP contribution in [0, 0.1) is 0 Å². The molecule has 72 valence electrons. The lowest BCUT2D eigenvalue weighted by molar-refractivity contribution is 0.651. The van der Waals surface area contributed by atoms with Gasteiger partial charge in [-0.3, -0.25) is 0 Å². The maximum absolute atomic E-state index is 5.69. The van der Waals surface area contributed by atoms with Crippen molar-refractivity contribution in [1.29, 1.82) is 0 Å². The molecule has 4 heteroatoms. The molecular weight excluding hydrogens is 251 g/mol. The van der Waals surface area contributed by atoms with E-state index in [9.17, 15) is 0 Å². The fourth-order valence-corrected chi connectivity index (χ4v) is 1.41. The van der Waals surface area contributed by atoms with E-state index in [2.05, 4.69) is 39.7 Å². The van der Waals surface area contributed by atoms with Gasteiger partial charge in [-0.15, -0.1) is 0 Å². The third-order valence-corrected chi connectivity index (χ3v) is 3.62. The second-order valence-corrected chi connectivity index (χ2v) is 4.58. The summed E-state index contributed by atoms with van der Waals surface area (Å²) in [7, 11) is 0. The highest BCUT2D eigenvalue weighted by molar-refractivity contribution is 9.09. The van der Waals surface area contributed by atoms with E-state index in [0.717, 1.165) is 12.2 Å². The van der Waals surface area contributed by atoms with Crippen molar-refractivity contribution in [3.05, 3.63) is 23.2 Å². The molecule has 0 radical (unpaired) electrons. The summed E-state index contributed by atoms with van der Waals surface area (Å²) in [6.07, 6.45) is 4.33. The van der Waals surface area contributed by atoms with Gasteiger partial charge >= 0.3 is 0 Å². The molecule has 0 fully saturated rings. The summed E-state index contributed by atoms with van der Waals surface area (Å²) in [5, 5.41) is 0.582. The van der Waals surface area contributed by atoms with Crippen LogP contribution < -0.4 is 0 Å². The highest BCUT2D eigenvalue weighted by Gasteiger charge is 2.16. The molecule has 0 N–H and O–H groups in total. The van der Waals surface area contributed by atoms with E-state index in [4.69, 9.17) is 11.6 Å². The van der Waals surface area contributed by atoms with Crippen LogP contribution in [0.1, 0.15) is 32.0 Å². The minimum Gasteiger partial charge on any atom is -0.239 e. The second-order valence-electron chi connectivity index (χ2n) is 2.97. The van der Waals surface area contributed by atoms with E-state index in [1.807, 2.05) is 0 Å². The Balaban J connectivity index is 2.77. The van der Waals surface area contributed by atoms with Crippen LogP contribution in [-0.2, 0) is 0 Å². The normalized spacial score (nSPS) is 15.4. The molecule has 1 rings (SSSR count). The number of halogens is 2. The van der Waals surface area contributed by atoms with Gasteiger partial charge in [0.2, 0.25) is 0 Å². The SMILES string of the molecule is CCC(Br)C(C)c1ncc(Cl)cn1. The maximum Gasteiger partial charge on any atom is 0.132 e. The number of rotatable bonds is 3. The van der Waals surface area contributed by atoms with Gasteiger partial charge in [0.15, 0.2) is 0 Å². The zero-order valence-corrected chi connectivity index (χ0v) is 10.0. The Labute approximate surface area is 91.9 Å². The first-order valence-corrected chi connectivity index (χ1v) is 5.56. The standard InChI is InChI=1S/C9H12BrClN2/c1-3-8(10)6(2)9-12-4-7(11)5-13-9/h4-6,8H,3H2,1-2H3. The third kappa shape index (κ3) is 2.92. The van der Waals surface area contributed by atoms with E-state index >= 15 is 0 Å². The van der Waals surface area contributed by atoms with Crippen molar-refractivity contribution in [3.63, 3.8) is 0 Å². The summed E-state index contributed by atoms with van der Waals surface area (Å²) < 4.78 is 0. The molecule has 1 aromatic heterocycles. The predicted molar refractivity (Wildman–Crippen MR) is 58.5 cm³/mol. The molecule has 0 aliphatic carbocycles. The highest BCUT2D eigenvalue weighted by atomic mass is 79.9. The first kappa shape index (κ1) is 10.9.